The molecule has 0 spiro atoms. The summed E-state index contributed by atoms with van der Waals surface area (Å²) >= 11 is 3.26. The highest BCUT2D eigenvalue weighted by Crippen LogP contribution is 2.42. The summed E-state index contributed by atoms with van der Waals surface area (Å²) in [5.41, 5.74) is 5.74. The number of carbonyl (C=O) groups excluding carboxylic acids is 1. The smallest absolute Gasteiger partial charge is 0.490 e. The number of aliphatic carboxylic acids is 1. The van der Waals surface area contributed by atoms with Crippen molar-refractivity contribution < 1.29 is 49.8 Å². The normalized spacial score (nSPS) is 21.9. The number of sulfonamides is 1. The number of fused-ring (bicyclic) bond motifs is 3. The Balaban J connectivity index is 0.000000630. The number of nitrogens with zero attached hydrogens (tertiary/aromatic N) is 2. The van der Waals surface area contributed by atoms with Gasteiger partial charge in [-0.3, -0.25) is 4.79 Å². The van der Waals surface area contributed by atoms with Gasteiger partial charge in [-0.2, -0.15) is 26.3 Å². The third-order valence-electron chi connectivity index (χ3n) is 9.50. The van der Waals surface area contributed by atoms with Gasteiger partial charge in [-0.1, -0.05) is 40.2 Å². The first-order valence-corrected chi connectivity index (χ1v) is 18.3. The first-order chi connectivity index (χ1) is 23.4. The van der Waals surface area contributed by atoms with Crippen molar-refractivity contribution in [2.24, 2.45) is 5.73 Å². The zero-order valence-corrected chi connectivity index (χ0v) is 29.4. The topological polar surface area (TPSA) is 130 Å². The molecule has 1 aliphatic carbocycles. The summed E-state index contributed by atoms with van der Waals surface area (Å²) in [7, 11) is -3.45. The highest BCUT2D eigenvalue weighted by Gasteiger charge is 2.56. The van der Waals surface area contributed by atoms with Crippen LogP contribution in [0.4, 0.5) is 22.0 Å². The van der Waals surface area contributed by atoms with Gasteiger partial charge in [0.2, 0.25) is 15.9 Å². The number of halogens is 6. The highest BCUT2D eigenvalue weighted by atomic mass is 79.9. The fraction of sp³-hybridized carbons (Fsp3) is 0.471. The number of alkyl halides is 5. The summed E-state index contributed by atoms with van der Waals surface area (Å²) in [6.45, 7) is 0. The highest BCUT2D eigenvalue weighted by molar-refractivity contribution is 9.10. The summed E-state index contributed by atoms with van der Waals surface area (Å²) in [6.07, 6.45) is 1.74. The minimum absolute atomic E-state index is 0.116. The molecule has 272 valence electrons. The number of piperidine rings is 1. The Morgan fingerprint density at radius 1 is 0.920 bits per heavy atom. The number of hydrogen-bond acceptors (Lipinski definition) is 6. The van der Waals surface area contributed by atoms with Crippen LogP contribution in [0.1, 0.15) is 56.9 Å². The Morgan fingerprint density at radius 2 is 1.46 bits per heavy atom. The summed E-state index contributed by atoms with van der Waals surface area (Å²) < 4.78 is 100.0. The average molecular weight is 791 g/mol. The maximum atomic E-state index is 16.5. The van der Waals surface area contributed by atoms with Crippen LogP contribution in [0.5, 0.6) is 5.75 Å². The predicted molar refractivity (Wildman–Crippen MR) is 178 cm³/mol. The average Bonchev–Trinajstić information content (AvgIpc) is 3.66. The van der Waals surface area contributed by atoms with Crippen molar-refractivity contribution in [3.8, 4) is 5.75 Å². The molecule has 3 N–H and O–H groups in total. The van der Waals surface area contributed by atoms with Crippen LogP contribution in [-0.2, 0) is 25.5 Å². The van der Waals surface area contributed by atoms with E-state index < -0.39 is 45.6 Å². The van der Waals surface area contributed by atoms with Crippen LogP contribution < -0.4 is 10.5 Å². The fourth-order valence-electron chi connectivity index (χ4n) is 7.03. The number of carbonyl (C=O) groups is 2. The van der Waals surface area contributed by atoms with Crippen molar-refractivity contribution in [3.05, 3.63) is 70.7 Å². The van der Waals surface area contributed by atoms with E-state index in [1.807, 2.05) is 6.07 Å². The molecule has 50 heavy (non-hydrogen) atoms. The zero-order chi connectivity index (χ0) is 36.6. The Labute approximate surface area is 294 Å². The summed E-state index contributed by atoms with van der Waals surface area (Å²) in [5.74, 6) is -6.76. The van der Waals surface area contributed by atoms with Gasteiger partial charge in [0.15, 0.2) is 6.04 Å². The number of likely N-dealkylation sites (N-methyl/N-ethyl adjacent to an activating group) is 1. The Hall–Kier alpha value is -3.34. The zero-order valence-electron chi connectivity index (χ0n) is 27.0. The second kappa shape index (κ2) is 14.7. The lowest BCUT2D eigenvalue weighted by atomic mass is 9.94. The van der Waals surface area contributed by atoms with E-state index in [1.54, 1.807) is 18.2 Å². The van der Waals surface area contributed by atoms with Gasteiger partial charge in [0.25, 0.3) is 5.92 Å². The number of carboxylic acids is 1. The second-order valence-electron chi connectivity index (χ2n) is 12.9. The molecule has 1 saturated carbocycles. The van der Waals surface area contributed by atoms with Crippen LogP contribution in [0.2, 0.25) is 0 Å². The first kappa shape index (κ1) is 37.9. The quantitative estimate of drug-likeness (QED) is 0.240. The molecule has 6 rings (SSSR count). The summed E-state index contributed by atoms with van der Waals surface area (Å²) in [4.78, 5) is 24.4. The largest absolute Gasteiger partial charge is 0.490 e. The van der Waals surface area contributed by atoms with Crippen LogP contribution in [-0.4, -0.2) is 78.1 Å². The molecule has 0 radical (unpaired) electrons. The van der Waals surface area contributed by atoms with Gasteiger partial charge >= 0.3 is 12.1 Å². The molecule has 2 unspecified atom stereocenters. The minimum Gasteiger partial charge on any atom is -0.490 e. The van der Waals surface area contributed by atoms with Crippen molar-refractivity contribution in [1.29, 1.82) is 0 Å². The van der Waals surface area contributed by atoms with E-state index in [0.717, 1.165) is 38.1 Å². The molecule has 2 heterocycles. The SMILES string of the molecule is CN([C@H](C(=O)N1C2CCC1CC(N)C2)C(F)(F)c1ccc(Br)cc1)S(=O)(=O)c1ccc2cc(OC3CCCC3)ccc2c1.O=C(O)C(F)(F)F. The van der Waals surface area contributed by atoms with Crippen molar-refractivity contribution in [2.45, 2.75) is 98.6 Å². The Bertz CT molecular complexity index is 1810. The van der Waals surface area contributed by atoms with E-state index in [4.69, 9.17) is 20.4 Å². The third kappa shape index (κ3) is 8.08. The molecule has 3 aliphatic rings. The molecule has 3 aromatic rings. The van der Waals surface area contributed by atoms with Gasteiger partial charge in [0.05, 0.1) is 11.0 Å². The Kier molecular flexibility index (Phi) is 11.2. The lowest BCUT2D eigenvalue weighted by molar-refractivity contribution is -0.192. The molecule has 1 amide bonds. The number of benzene rings is 3. The van der Waals surface area contributed by atoms with Gasteiger partial charge in [0.1, 0.15) is 5.75 Å². The molecule has 0 aromatic heterocycles. The van der Waals surface area contributed by atoms with E-state index in [9.17, 15) is 26.4 Å². The number of nitrogens with two attached hydrogens (primary N) is 1. The standard InChI is InChI=1S/C32H36BrF2N3O4S.C2HF3O2/c1-37(43(40,41)29-15-7-20-16-28(14-6-21(20)17-29)42-27-4-2-3-5-27)30(32(34,35)22-8-10-23(33)11-9-22)31(39)38-25-12-13-26(38)19-24(36)18-25;3-2(4,5)1(6)7/h6-11,14-17,24-27,30H,2-5,12-13,18-19,36H2,1H3;(H,6,7)/t24?,25?,26?,30-;/m1./s1. The number of amides is 1. The number of carboxylic acid groups (broad SMARTS) is 1. The molecule has 3 fully saturated rings. The van der Waals surface area contributed by atoms with Crippen LogP contribution in [0, 0.1) is 0 Å². The van der Waals surface area contributed by atoms with Crippen molar-refractivity contribution in [3.63, 3.8) is 0 Å². The fourth-order valence-corrected chi connectivity index (χ4v) is 8.64. The molecular weight excluding hydrogens is 753 g/mol. The van der Waals surface area contributed by atoms with Gasteiger partial charge < -0.3 is 20.5 Å². The second-order valence-corrected chi connectivity index (χ2v) is 15.8. The van der Waals surface area contributed by atoms with Crippen LogP contribution in [0.15, 0.2) is 70.0 Å². The monoisotopic (exact) mass is 789 g/mol. The maximum absolute atomic E-state index is 16.5. The molecule has 9 nitrogen and oxygen atoms in total. The summed E-state index contributed by atoms with van der Waals surface area (Å²) in [5, 5.41) is 8.52. The summed E-state index contributed by atoms with van der Waals surface area (Å²) in [6, 6.07) is 12.3. The number of hydrogen-bond donors (Lipinski definition) is 2. The maximum Gasteiger partial charge on any atom is 0.490 e. The van der Waals surface area contributed by atoms with Gasteiger partial charge in [0, 0.05) is 35.2 Å². The van der Waals surface area contributed by atoms with E-state index in [2.05, 4.69) is 15.9 Å². The Morgan fingerprint density at radius 3 is 2.02 bits per heavy atom. The third-order valence-corrected chi connectivity index (χ3v) is 11.8. The van der Waals surface area contributed by atoms with Crippen molar-refractivity contribution in [2.75, 3.05) is 7.05 Å². The van der Waals surface area contributed by atoms with Gasteiger partial charge in [-0.15, -0.1) is 0 Å². The molecule has 3 aromatic carbocycles. The van der Waals surface area contributed by atoms with Crippen LogP contribution in [0.3, 0.4) is 0 Å². The lowest BCUT2D eigenvalue weighted by Crippen LogP contribution is -2.61. The van der Waals surface area contributed by atoms with E-state index in [0.29, 0.717) is 45.6 Å². The lowest BCUT2D eigenvalue weighted by Gasteiger charge is -2.42. The van der Waals surface area contributed by atoms with Gasteiger partial charge in [-0.05, 0) is 98.5 Å². The van der Waals surface area contributed by atoms with E-state index in [-0.39, 0.29) is 29.1 Å². The van der Waals surface area contributed by atoms with E-state index >= 15 is 8.78 Å². The van der Waals surface area contributed by atoms with E-state index in [1.165, 1.54) is 41.3 Å². The first-order valence-electron chi connectivity index (χ1n) is 16.1. The van der Waals surface area contributed by atoms with Gasteiger partial charge in [-0.25, -0.2) is 13.2 Å². The molecule has 2 aliphatic heterocycles. The van der Waals surface area contributed by atoms with Crippen molar-refractivity contribution in [1.82, 2.24) is 9.21 Å². The number of ether oxygens (including phenoxy) is 1. The molecule has 2 saturated heterocycles. The van der Waals surface area contributed by atoms with Crippen molar-refractivity contribution >= 4 is 48.6 Å². The molecule has 16 heteroatoms. The van der Waals surface area contributed by atoms with Crippen LogP contribution in [0.25, 0.3) is 10.8 Å². The molecule has 3 atom stereocenters. The molecular formula is C34H37BrF5N3O6S. The van der Waals surface area contributed by atoms with Crippen LogP contribution >= 0.6 is 15.9 Å². The predicted octanol–water partition coefficient (Wildman–Crippen LogP) is 6.82. The molecule has 2 bridgehead atoms. The number of rotatable bonds is 8. The minimum atomic E-state index is -5.08.